The highest BCUT2D eigenvalue weighted by atomic mass is 79.9. The Labute approximate surface area is 209 Å². The summed E-state index contributed by atoms with van der Waals surface area (Å²) in [6.45, 7) is 1.26. The molecule has 3 amide bonds. The highest BCUT2D eigenvalue weighted by Crippen LogP contribution is 2.53. The largest absolute Gasteiger partial charge is 0.452 e. The van der Waals surface area contributed by atoms with Crippen molar-refractivity contribution in [2.75, 3.05) is 16.8 Å². The first kappa shape index (κ1) is 22.8. The third kappa shape index (κ3) is 3.75. The molecule has 1 saturated carbocycles. The molecule has 2 aromatic carbocycles. The third-order valence-electron chi connectivity index (χ3n) is 6.76. The van der Waals surface area contributed by atoms with Gasteiger partial charge in [0.2, 0.25) is 11.8 Å². The number of hydrogen-bond donors (Lipinski definition) is 1. The van der Waals surface area contributed by atoms with Crippen LogP contribution in [0.4, 0.5) is 11.4 Å². The second-order valence-electron chi connectivity index (χ2n) is 8.72. The fraction of sp³-hybridized carbons (Fsp3) is 0.280. The van der Waals surface area contributed by atoms with Crippen LogP contribution in [0, 0.1) is 30.6 Å². The summed E-state index contributed by atoms with van der Waals surface area (Å²) in [4.78, 5) is 52.1. The molecule has 34 heavy (non-hydrogen) atoms. The van der Waals surface area contributed by atoms with Crippen LogP contribution in [0.2, 0.25) is 5.02 Å². The Bertz CT molecular complexity index is 1250. The van der Waals surface area contributed by atoms with Gasteiger partial charge in [0.05, 0.1) is 28.1 Å². The van der Waals surface area contributed by atoms with Gasteiger partial charge in [0.25, 0.3) is 5.91 Å². The van der Waals surface area contributed by atoms with Gasteiger partial charge in [-0.15, -0.1) is 0 Å². The second kappa shape index (κ2) is 8.67. The zero-order valence-corrected chi connectivity index (χ0v) is 20.4. The van der Waals surface area contributed by atoms with Gasteiger partial charge in [-0.25, -0.2) is 9.69 Å². The second-order valence-corrected chi connectivity index (χ2v) is 9.95. The molecule has 1 saturated heterocycles. The minimum Gasteiger partial charge on any atom is -0.452 e. The zero-order valence-electron chi connectivity index (χ0n) is 18.1. The molecule has 2 bridgehead atoms. The lowest BCUT2D eigenvalue weighted by atomic mass is 9.85. The Morgan fingerprint density at radius 3 is 2.47 bits per heavy atom. The van der Waals surface area contributed by atoms with Crippen LogP contribution in [-0.2, 0) is 19.1 Å². The Balaban J connectivity index is 1.25. The maximum absolute atomic E-state index is 13.0. The molecule has 0 radical (unpaired) electrons. The van der Waals surface area contributed by atoms with E-state index < -0.39 is 18.5 Å². The van der Waals surface area contributed by atoms with Gasteiger partial charge in [-0.2, -0.15) is 0 Å². The molecule has 2 aliphatic carbocycles. The Kier molecular flexibility index (Phi) is 5.81. The summed E-state index contributed by atoms with van der Waals surface area (Å²) in [5.74, 6) is -2.13. The molecular weight excluding hydrogens is 524 g/mol. The Hall–Kier alpha value is -2.97. The fourth-order valence-electron chi connectivity index (χ4n) is 5.12. The standard InChI is InChI=1S/C25H20BrClN2O5/c1-12-18(8-7-17(26)22(12)27)28-19(30)11-34-25(33)15-3-2-4-16(10-15)29-23(31)20-13-5-6-14(9-13)21(20)24(29)32/h2-8,10,13-14,20-21H,9,11H2,1H3,(H,28,30)/t13-,14-,20-,21-/m0/s1. The monoisotopic (exact) mass is 542 g/mol. The van der Waals surface area contributed by atoms with Gasteiger partial charge in [-0.05, 0) is 77.0 Å². The first-order valence-corrected chi connectivity index (χ1v) is 12.0. The quantitative estimate of drug-likeness (QED) is 0.340. The number of ether oxygens (including phenoxy) is 1. The van der Waals surface area contributed by atoms with Crippen LogP contribution in [0.5, 0.6) is 0 Å². The van der Waals surface area contributed by atoms with E-state index in [2.05, 4.69) is 21.2 Å². The van der Waals surface area contributed by atoms with Crippen molar-refractivity contribution in [3.05, 3.63) is 69.2 Å². The number of nitrogens with one attached hydrogen (secondary N) is 1. The first-order valence-electron chi connectivity index (χ1n) is 10.8. The third-order valence-corrected chi connectivity index (χ3v) is 8.13. The molecule has 1 heterocycles. The average Bonchev–Trinajstić information content (AvgIpc) is 3.51. The summed E-state index contributed by atoms with van der Waals surface area (Å²) in [6.07, 6.45) is 4.91. The van der Waals surface area contributed by atoms with Crippen LogP contribution in [0.15, 0.2) is 53.0 Å². The Morgan fingerprint density at radius 1 is 1.12 bits per heavy atom. The molecule has 0 aromatic heterocycles. The zero-order chi connectivity index (χ0) is 24.1. The van der Waals surface area contributed by atoms with Gasteiger partial charge in [-0.1, -0.05) is 29.8 Å². The van der Waals surface area contributed by atoms with E-state index in [1.807, 2.05) is 12.2 Å². The van der Waals surface area contributed by atoms with Gasteiger partial charge in [0.1, 0.15) is 0 Å². The van der Waals surface area contributed by atoms with Gasteiger partial charge >= 0.3 is 5.97 Å². The topological polar surface area (TPSA) is 92.8 Å². The summed E-state index contributed by atoms with van der Waals surface area (Å²) >= 11 is 9.49. The number of nitrogens with zero attached hydrogens (tertiary/aromatic N) is 1. The molecule has 174 valence electrons. The van der Waals surface area contributed by atoms with Crippen molar-refractivity contribution in [2.24, 2.45) is 23.7 Å². The molecular formula is C25H20BrClN2O5. The van der Waals surface area contributed by atoms with E-state index in [4.69, 9.17) is 16.3 Å². The van der Waals surface area contributed by atoms with Gasteiger partial charge in [0.15, 0.2) is 6.61 Å². The van der Waals surface area contributed by atoms with E-state index in [0.717, 1.165) is 6.42 Å². The van der Waals surface area contributed by atoms with E-state index in [0.29, 0.717) is 26.4 Å². The Morgan fingerprint density at radius 2 is 1.79 bits per heavy atom. The molecule has 1 N–H and O–H groups in total. The number of allylic oxidation sites excluding steroid dienone is 2. The number of anilines is 2. The first-order chi connectivity index (χ1) is 16.3. The number of fused-ring (bicyclic) bond motifs is 5. The molecule has 2 aromatic rings. The highest BCUT2D eigenvalue weighted by Gasteiger charge is 2.59. The number of benzene rings is 2. The van der Waals surface area contributed by atoms with Crippen LogP contribution < -0.4 is 10.2 Å². The van der Waals surface area contributed by atoms with Crippen LogP contribution in [0.25, 0.3) is 0 Å². The summed E-state index contributed by atoms with van der Waals surface area (Å²) in [7, 11) is 0. The maximum Gasteiger partial charge on any atom is 0.338 e. The lowest BCUT2D eigenvalue weighted by Gasteiger charge is -2.18. The summed E-state index contributed by atoms with van der Waals surface area (Å²) in [6, 6.07) is 9.57. The van der Waals surface area contributed by atoms with E-state index in [1.165, 1.54) is 17.0 Å². The molecule has 0 spiro atoms. The number of carbonyl (C=O) groups excluding carboxylic acids is 4. The van der Waals surface area contributed by atoms with Gasteiger partial charge in [-0.3, -0.25) is 14.4 Å². The number of esters is 1. The molecule has 1 aliphatic heterocycles. The van der Waals surface area contributed by atoms with Crippen molar-refractivity contribution in [3.8, 4) is 0 Å². The molecule has 4 atom stereocenters. The SMILES string of the molecule is Cc1c(NC(=O)COC(=O)c2cccc(N3C(=O)[C@@H]4[C@@H](C3=O)[C@H]3C=C[C@H]4C3)c2)ccc(Br)c1Cl. The van der Waals surface area contributed by atoms with Crippen molar-refractivity contribution < 1.29 is 23.9 Å². The molecule has 5 rings (SSSR count). The summed E-state index contributed by atoms with van der Waals surface area (Å²) < 4.78 is 5.86. The normalized spacial score (nSPS) is 24.5. The lowest BCUT2D eigenvalue weighted by molar-refractivity contribution is -0.123. The van der Waals surface area contributed by atoms with Crippen LogP contribution >= 0.6 is 27.5 Å². The molecule has 0 unspecified atom stereocenters. The number of halogens is 2. The average molecular weight is 544 g/mol. The van der Waals surface area contributed by atoms with Gasteiger partial charge in [0, 0.05) is 10.2 Å². The van der Waals surface area contributed by atoms with Crippen molar-refractivity contribution >= 4 is 62.6 Å². The smallest absolute Gasteiger partial charge is 0.338 e. The summed E-state index contributed by atoms with van der Waals surface area (Å²) in [5, 5.41) is 3.14. The van der Waals surface area contributed by atoms with Crippen molar-refractivity contribution in [3.63, 3.8) is 0 Å². The molecule has 3 aliphatic rings. The summed E-state index contributed by atoms with van der Waals surface area (Å²) in [5.41, 5.74) is 1.67. The maximum atomic E-state index is 13.0. The van der Waals surface area contributed by atoms with Crippen molar-refractivity contribution in [1.82, 2.24) is 0 Å². The van der Waals surface area contributed by atoms with Crippen LogP contribution in [-0.4, -0.2) is 30.3 Å². The molecule has 2 fully saturated rings. The van der Waals surface area contributed by atoms with E-state index in [9.17, 15) is 19.2 Å². The molecule has 9 heteroatoms. The van der Waals surface area contributed by atoms with Crippen molar-refractivity contribution in [2.45, 2.75) is 13.3 Å². The highest BCUT2D eigenvalue weighted by molar-refractivity contribution is 9.10. The number of rotatable bonds is 5. The van der Waals surface area contributed by atoms with E-state index in [-0.39, 0.29) is 41.0 Å². The number of carbonyl (C=O) groups is 4. The van der Waals surface area contributed by atoms with Gasteiger partial charge < -0.3 is 10.1 Å². The minimum absolute atomic E-state index is 0.104. The predicted octanol–water partition coefficient (Wildman–Crippen LogP) is 4.52. The van der Waals surface area contributed by atoms with Crippen LogP contribution in [0.3, 0.4) is 0 Å². The van der Waals surface area contributed by atoms with Crippen molar-refractivity contribution in [1.29, 1.82) is 0 Å². The fourth-order valence-corrected chi connectivity index (χ4v) is 5.71. The predicted molar refractivity (Wildman–Crippen MR) is 129 cm³/mol. The van der Waals surface area contributed by atoms with Crippen LogP contribution in [0.1, 0.15) is 22.3 Å². The number of amides is 3. The molecule has 7 nitrogen and oxygen atoms in total. The lowest BCUT2D eigenvalue weighted by Crippen LogP contribution is -2.33. The van der Waals surface area contributed by atoms with E-state index >= 15 is 0 Å². The van der Waals surface area contributed by atoms with E-state index in [1.54, 1.807) is 31.2 Å². The number of imide groups is 1. The number of hydrogen-bond acceptors (Lipinski definition) is 5. The minimum atomic E-state index is -0.733.